The standard InChI is InChI=1S/C18H19Cl2FN2O3S/c1-2-10-22-18(24)12-23(11-15-16(20)4-3-5-17(15)21)27(25,26)14-8-6-13(19)7-9-14/h3-9H,2,10-12H2,1H3,(H,22,24). The van der Waals surface area contributed by atoms with Crippen LogP contribution in [0.15, 0.2) is 47.4 Å². The highest BCUT2D eigenvalue weighted by molar-refractivity contribution is 7.89. The molecular formula is C18H19Cl2FN2O3S. The van der Waals surface area contributed by atoms with Gasteiger partial charge >= 0.3 is 0 Å². The summed E-state index contributed by atoms with van der Waals surface area (Å²) in [6.45, 7) is 1.45. The average Bonchev–Trinajstić information content (AvgIpc) is 2.62. The van der Waals surface area contributed by atoms with Crippen molar-refractivity contribution in [2.24, 2.45) is 0 Å². The maximum Gasteiger partial charge on any atom is 0.243 e. The van der Waals surface area contributed by atoms with E-state index in [4.69, 9.17) is 23.2 Å². The molecule has 0 atom stereocenters. The zero-order chi connectivity index (χ0) is 20.0. The Morgan fingerprint density at radius 1 is 1.15 bits per heavy atom. The average molecular weight is 433 g/mol. The van der Waals surface area contributed by atoms with E-state index < -0.39 is 28.3 Å². The van der Waals surface area contributed by atoms with E-state index in [-0.39, 0.29) is 22.0 Å². The Labute approximate surface area is 168 Å². The van der Waals surface area contributed by atoms with E-state index in [9.17, 15) is 17.6 Å². The minimum absolute atomic E-state index is 0.00000304. The lowest BCUT2D eigenvalue weighted by atomic mass is 10.2. The highest BCUT2D eigenvalue weighted by Gasteiger charge is 2.28. The first-order valence-corrected chi connectivity index (χ1v) is 10.4. The minimum Gasteiger partial charge on any atom is -0.355 e. The second-order valence-corrected chi connectivity index (χ2v) is 8.56. The molecule has 1 amide bonds. The van der Waals surface area contributed by atoms with Crippen molar-refractivity contribution in [2.45, 2.75) is 24.8 Å². The zero-order valence-corrected chi connectivity index (χ0v) is 16.9. The van der Waals surface area contributed by atoms with Gasteiger partial charge in [0.1, 0.15) is 5.82 Å². The molecule has 2 aromatic rings. The Morgan fingerprint density at radius 2 is 1.81 bits per heavy atom. The molecule has 9 heteroatoms. The first kappa shape index (κ1) is 21.6. The summed E-state index contributed by atoms with van der Waals surface area (Å²) in [4.78, 5) is 12.1. The second kappa shape index (κ2) is 9.50. The smallest absolute Gasteiger partial charge is 0.243 e. The van der Waals surface area contributed by atoms with Gasteiger partial charge in [-0.05, 0) is 42.8 Å². The zero-order valence-electron chi connectivity index (χ0n) is 14.6. The van der Waals surface area contributed by atoms with Crippen LogP contribution in [0.5, 0.6) is 0 Å². The molecule has 0 spiro atoms. The number of benzene rings is 2. The van der Waals surface area contributed by atoms with Gasteiger partial charge < -0.3 is 5.32 Å². The molecule has 2 aromatic carbocycles. The van der Waals surface area contributed by atoms with Crippen LogP contribution in [0.2, 0.25) is 10.0 Å². The van der Waals surface area contributed by atoms with Gasteiger partial charge in [-0.1, -0.05) is 36.2 Å². The third-order valence-corrected chi connectivity index (χ3v) is 6.15. The van der Waals surface area contributed by atoms with E-state index in [1.165, 1.54) is 42.5 Å². The molecule has 0 heterocycles. The van der Waals surface area contributed by atoms with Crippen LogP contribution in [0, 0.1) is 5.82 Å². The molecule has 0 saturated heterocycles. The van der Waals surface area contributed by atoms with Crippen LogP contribution in [0.3, 0.4) is 0 Å². The molecule has 0 radical (unpaired) electrons. The normalized spacial score (nSPS) is 11.6. The van der Waals surface area contributed by atoms with Crippen molar-refractivity contribution in [2.75, 3.05) is 13.1 Å². The number of carbonyl (C=O) groups excluding carboxylic acids is 1. The molecule has 0 fully saturated rings. The third-order valence-electron chi connectivity index (χ3n) is 3.74. The molecule has 1 N–H and O–H groups in total. The molecule has 0 unspecified atom stereocenters. The van der Waals surface area contributed by atoms with Crippen molar-refractivity contribution in [3.05, 3.63) is 63.9 Å². The van der Waals surface area contributed by atoms with Gasteiger partial charge in [-0.3, -0.25) is 4.79 Å². The molecule has 0 saturated carbocycles. The molecule has 5 nitrogen and oxygen atoms in total. The van der Waals surface area contributed by atoms with Crippen molar-refractivity contribution in [3.8, 4) is 0 Å². The second-order valence-electron chi connectivity index (χ2n) is 5.78. The van der Waals surface area contributed by atoms with Gasteiger partial charge in [0.15, 0.2) is 0 Å². The topological polar surface area (TPSA) is 66.5 Å². The number of nitrogens with zero attached hydrogens (tertiary/aromatic N) is 1. The summed E-state index contributed by atoms with van der Waals surface area (Å²) in [7, 11) is -4.08. The van der Waals surface area contributed by atoms with Gasteiger partial charge in [-0.2, -0.15) is 4.31 Å². The maximum atomic E-state index is 14.2. The van der Waals surface area contributed by atoms with Crippen LogP contribution in [0.25, 0.3) is 0 Å². The van der Waals surface area contributed by atoms with Crippen molar-refractivity contribution in [1.82, 2.24) is 9.62 Å². The number of amides is 1. The first-order chi connectivity index (χ1) is 12.8. The summed E-state index contributed by atoms with van der Waals surface area (Å²) in [6.07, 6.45) is 0.703. The van der Waals surface area contributed by atoms with E-state index in [0.717, 1.165) is 4.31 Å². The number of rotatable bonds is 8. The Kier molecular flexibility index (Phi) is 7.61. The lowest BCUT2D eigenvalue weighted by Crippen LogP contribution is -2.40. The van der Waals surface area contributed by atoms with Crippen LogP contribution in [-0.2, 0) is 21.4 Å². The van der Waals surface area contributed by atoms with Crippen LogP contribution in [-0.4, -0.2) is 31.7 Å². The molecule has 0 aliphatic carbocycles. The molecule has 0 bridgehead atoms. The van der Waals surface area contributed by atoms with E-state index in [0.29, 0.717) is 18.0 Å². The summed E-state index contributed by atoms with van der Waals surface area (Å²) in [5.41, 5.74) is -0.00000304. The van der Waals surface area contributed by atoms with Crippen LogP contribution < -0.4 is 5.32 Å². The van der Waals surface area contributed by atoms with Gasteiger partial charge in [0.05, 0.1) is 11.4 Å². The predicted molar refractivity (Wildman–Crippen MR) is 104 cm³/mol. The number of carbonyl (C=O) groups is 1. The maximum absolute atomic E-state index is 14.2. The summed E-state index contributed by atoms with van der Waals surface area (Å²) in [6, 6.07) is 9.59. The lowest BCUT2D eigenvalue weighted by molar-refractivity contribution is -0.121. The Hall–Kier alpha value is -1.67. The predicted octanol–water partition coefficient (Wildman–Crippen LogP) is 3.85. The molecule has 146 valence electrons. The van der Waals surface area contributed by atoms with E-state index in [1.807, 2.05) is 6.92 Å². The summed E-state index contributed by atoms with van der Waals surface area (Å²) >= 11 is 11.8. The number of hydrogen-bond acceptors (Lipinski definition) is 3. The van der Waals surface area contributed by atoms with E-state index in [2.05, 4.69) is 5.32 Å². The van der Waals surface area contributed by atoms with Gasteiger partial charge in [0, 0.05) is 28.7 Å². The molecular weight excluding hydrogens is 414 g/mol. The number of halogens is 3. The van der Waals surface area contributed by atoms with Gasteiger partial charge in [0.25, 0.3) is 0 Å². The fraction of sp³-hybridized carbons (Fsp3) is 0.278. The minimum atomic E-state index is -4.08. The highest BCUT2D eigenvalue weighted by Crippen LogP contribution is 2.25. The van der Waals surface area contributed by atoms with Crippen molar-refractivity contribution in [3.63, 3.8) is 0 Å². The third kappa shape index (κ3) is 5.65. The Bertz CT molecular complexity index is 885. The number of nitrogens with one attached hydrogen (secondary N) is 1. The molecule has 0 aliphatic rings. The van der Waals surface area contributed by atoms with Crippen molar-refractivity contribution >= 4 is 39.1 Å². The summed E-state index contributed by atoms with van der Waals surface area (Å²) < 4.78 is 41.1. The van der Waals surface area contributed by atoms with Crippen LogP contribution >= 0.6 is 23.2 Å². The van der Waals surface area contributed by atoms with Gasteiger partial charge in [-0.15, -0.1) is 0 Å². The van der Waals surface area contributed by atoms with Gasteiger partial charge in [0.2, 0.25) is 15.9 Å². The molecule has 2 rings (SSSR count). The van der Waals surface area contributed by atoms with Gasteiger partial charge in [-0.25, -0.2) is 12.8 Å². The molecule has 0 aromatic heterocycles. The van der Waals surface area contributed by atoms with Crippen LogP contribution in [0.4, 0.5) is 4.39 Å². The summed E-state index contributed by atoms with van der Waals surface area (Å²) in [5, 5.41) is 3.07. The lowest BCUT2D eigenvalue weighted by Gasteiger charge is -2.22. The van der Waals surface area contributed by atoms with Crippen molar-refractivity contribution in [1.29, 1.82) is 0 Å². The SMILES string of the molecule is CCCNC(=O)CN(Cc1c(F)cccc1Cl)S(=O)(=O)c1ccc(Cl)cc1. The summed E-state index contributed by atoms with van der Waals surface area (Å²) in [5.74, 6) is -1.13. The van der Waals surface area contributed by atoms with E-state index >= 15 is 0 Å². The monoisotopic (exact) mass is 432 g/mol. The number of sulfonamides is 1. The largest absolute Gasteiger partial charge is 0.355 e. The Balaban J connectivity index is 2.39. The number of hydrogen-bond donors (Lipinski definition) is 1. The van der Waals surface area contributed by atoms with Crippen LogP contribution in [0.1, 0.15) is 18.9 Å². The molecule has 27 heavy (non-hydrogen) atoms. The molecule has 0 aliphatic heterocycles. The fourth-order valence-corrected chi connectivity index (χ4v) is 4.03. The fourth-order valence-electron chi connectivity index (χ4n) is 2.32. The highest BCUT2D eigenvalue weighted by atomic mass is 35.5. The van der Waals surface area contributed by atoms with E-state index in [1.54, 1.807) is 0 Å². The van der Waals surface area contributed by atoms with Crippen molar-refractivity contribution < 1.29 is 17.6 Å². The first-order valence-electron chi connectivity index (χ1n) is 8.21. The quantitative estimate of drug-likeness (QED) is 0.688. The Morgan fingerprint density at radius 3 is 2.41 bits per heavy atom.